The average molecular weight is 146 g/mol. The summed E-state index contributed by atoms with van der Waals surface area (Å²) in [5, 5.41) is 7.47. The van der Waals surface area contributed by atoms with E-state index in [1.807, 2.05) is 0 Å². The molecule has 0 N–H and O–H groups in total. The molecular weight excluding hydrogens is 135 g/mol. The zero-order valence-corrected chi connectivity index (χ0v) is 7.13. The monoisotopic (exact) mass is 146 g/mol. The van der Waals surface area contributed by atoms with Gasteiger partial charge in [0.05, 0.1) is 6.20 Å². The minimum atomic E-state index is 0.0556. The fourth-order valence-electron chi connectivity index (χ4n) is 0.957. The molecule has 56 valence electrons. The summed E-state index contributed by atoms with van der Waals surface area (Å²) >= 11 is 0. The standard InChI is InChI=1S/C8H11BN2/c1-8(2,3)6-4-10-11-5-7(6)9/h4-5H,1-3H3. The van der Waals surface area contributed by atoms with E-state index in [0.717, 1.165) is 5.56 Å². The molecule has 11 heavy (non-hydrogen) atoms. The maximum atomic E-state index is 5.70. The molecule has 0 aromatic carbocycles. The molecule has 0 unspecified atom stereocenters. The highest BCUT2D eigenvalue weighted by molar-refractivity contribution is 6.33. The van der Waals surface area contributed by atoms with Crippen LogP contribution in [0.15, 0.2) is 12.4 Å². The normalized spacial score (nSPS) is 11.5. The Bertz CT molecular complexity index is 253. The van der Waals surface area contributed by atoms with E-state index in [-0.39, 0.29) is 5.41 Å². The molecule has 2 nitrogen and oxygen atoms in total. The first-order chi connectivity index (χ1) is 5.02. The third-order valence-electron chi connectivity index (χ3n) is 1.57. The average Bonchev–Trinajstić information content (AvgIpc) is 1.86. The SMILES string of the molecule is [B]c1cnncc1C(C)(C)C. The number of hydrogen-bond donors (Lipinski definition) is 0. The lowest BCUT2D eigenvalue weighted by atomic mass is 9.79. The van der Waals surface area contributed by atoms with Gasteiger partial charge >= 0.3 is 0 Å². The summed E-state index contributed by atoms with van der Waals surface area (Å²) in [4.78, 5) is 0. The van der Waals surface area contributed by atoms with Gasteiger partial charge in [-0.05, 0) is 11.0 Å². The van der Waals surface area contributed by atoms with Gasteiger partial charge in [-0.25, -0.2) is 0 Å². The van der Waals surface area contributed by atoms with Crippen LogP contribution in [-0.2, 0) is 5.41 Å². The molecule has 3 heteroatoms. The van der Waals surface area contributed by atoms with Crippen LogP contribution in [0.2, 0.25) is 0 Å². The van der Waals surface area contributed by atoms with Crippen LogP contribution in [-0.4, -0.2) is 18.0 Å². The summed E-state index contributed by atoms with van der Waals surface area (Å²) in [6.07, 6.45) is 3.30. The van der Waals surface area contributed by atoms with Gasteiger partial charge in [-0.2, -0.15) is 10.2 Å². The smallest absolute Gasteiger partial charge is 0.116 e. The molecule has 1 rings (SSSR count). The van der Waals surface area contributed by atoms with Gasteiger partial charge in [0, 0.05) is 6.20 Å². The van der Waals surface area contributed by atoms with Gasteiger partial charge in [0.25, 0.3) is 0 Å². The summed E-state index contributed by atoms with van der Waals surface area (Å²) in [6.45, 7) is 6.29. The minimum absolute atomic E-state index is 0.0556. The Morgan fingerprint density at radius 1 is 1.18 bits per heavy atom. The van der Waals surface area contributed by atoms with Crippen molar-refractivity contribution < 1.29 is 0 Å². The van der Waals surface area contributed by atoms with Crippen LogP contribution in [0.25, 0.3) is 0 Å². The third-order valence-corrected chi connectivity index (χ3v) is 1.57. The van der Waals surface area contributed by atoms with Crippen LogP contribution in [0.4, 0.5) is 0 Å². The van der Waals surface area contributed by atoms with Crippen molar-refractivity contribution >= 4 is 13.3 Å². The molecule has 0 aliphatic heterocycles. The van der Waals surface area contributed by atoms with Crippen LogP contribution in [0.3, 0.4) is 0 Å². The van der Waals surface area contributed by atoms with Crippen molar-refractivity contribution in [1.82, 2.24) is 10.2 Å². The highest BCUT2D eigenvalue weighted by Gasteiger charge is 2.15. The van der Waals surface area contributed by atoms with E-state index in [2.05, 4.69) is 31.0 Å². The van der Waals surface area contributed by atoms with Gasteiger partial charge < -0.3 is 0 Å². The zero-order chi connectivity index (χ0) is 8.48. The molecule has 0 aliphatic carbocycles. The second kappa shape index (κ2) is 2.64. The Hall–Kier alpha value is -0.855. The number of hydrogen-bond acceptors (Lipinski definition) is 2. The van der Waals surface area contributed by atoms with E-state index in [1.165, 1.54) is 0 Å². The lowest BCUT2D eigenvalue weighted by Crippen LogP contribution is -2.23. The first-order valence-corrected chi connectivity index (χ1v) is 3.58. The lowest BCUT2D eigenvalue weighted by molar-refractivity contribution is 0.589. The molecule has 0 spiro atoms. The fraction of sp³-hybridized carbons (Fsp3) is 0.500. The number of rotatable bonds is 0. The van der Waals surface area contributed by atoms with Gasteiger partial charge in [-0.15, -0.1) is 0 Å². The van der Waals surface area contributed by atoms with Gasteiger partial charge in [0.1, 0.15) is 7.85 Å². The van der Waals surface area contributed by atoms with E-state index in [4.69, 9.17) is 7.85 Å². The first-order valence-electron chi connectivity index (χ1n) is 3.58. The van der Waals surface area contributed by atoms with Crippen molar-refractivity contribution in [3.63, 3.8) is 0 Å². The highest BCUT2D eigenvalue weighted by Crippen LogP contribution is 2.17. The second-order valence-electron chi connectivity index (χ2n) is 3.61. The Balaban J connectivity index is 3.14. The molecule has 1 aromatic rings. The molecule has 0 saturated carbocycles. The van der Waals surface area contributed by atoms with Crippen molar-refractivity contribution in [2.24, 2.45) is 0 Å². The van der Waals surface area contributed by atoms with E-state index >= 15 is 0 Å². The molecule has 0 atom stereocenters. The summed E-state index contributed by atoms with van der Waals surface area (Å²) in [6, 6.07) is 0. The van der Waals surface area contributed by atoms with E-state index < -0.39 is 0 Å². The van der Waals surface area contributed by atoms with Crippen LogP contribution >= 0.6 is 0 Å². The van der Waals surface area contributed by atoms with Gasteiger partial charge in [0.2, 0.25) is 0 Å². The first kappa shape index (κ1) is 8.24. The Morgan fingerprint density at radius 3 is 2.09 bits per heavy atom. The van der Waals surface area contributed by atoms with Gasteiger partial charge in [0.15, 0.2) is 0 Å². The molecule has 0 bridgehead atoms. The quantitative estimate of drug-likeness (QED) is 0.500. The Labute approximate surface area is 68.5 Å². The summed E-state index contributed by atoms with van der Waals surface area (Å²) in [5.74, 6) is 0. The largest absolute Gasteiger partial charge is 0.160 e. The van der Waals surface area contributed by atoms with Crippen molar-refractivity contribution in [1.29, 1.82) is 0 Å². The van der Waals surface area contributed by atoms with Crippen LogP contribution in [0.5, 0.6) is 0 Å². The summed E-state index contributed by atoms with van der Waals surface area (Å²) in [5.41, 5.74) is 1.82. The van der Waals surface area contributed by atoms with Gasteiger partial charge in [-0.1, -0.05) is 26.2 Å². The second-order valence-corrected chi connectivity index (χ2v) is 3.61. The summed E-state index contributed by atoms with van der Waals surface area (Å²) in [7, 11) is 5.70. The molecule has 0 aliphatic rings. The molecule has 1 aromatic heterocycles. The van der Waals surface area contributed by atoms with Crippen molar-refractivity contribution in [2.75, 3.05) is 0 Å². The van der Waals surface area contributed by atoms with Crippen LogP contribution in [0.1, 0.15) is 26.3 Å². The third kappa shape index (κ3) is 1.79. The van der Waals surface area contributed by atoms with Crippen molar-refractivity contribution in [3.8, 4) is 0 Å². The van der Waals surface area contributed by atoms with Gasteiger partial charge in [-0.3, -0.25) is 0 Å². The predicted octanol–water partition coefficient (Wildman–Crippen LogP) is 0.568. The Kier molecular flexibility index (Phi) is 1.98. The van der Waals surface area contributed by atoms with Crippen molar-refractivity contribution in [2.45, 2.75) is 26.2 Å². The van der Waals surface area contributed by atoms with E-state index in [0.29, 0.717) is 5.46 Å². The van der Waals surface area contributed by atoms with Crippen molar-refractivity contribution in [3.05, 3.63) is 18.0 Å². The maximum absolute atomic E-state index is 5.70. The minimum Gasteiger partial charge on any atom is -0.160 e. The molecule has 0 saturated heterocycles. The van der Waals surface area contributed by atoms with Crippen LogP contribution in [0, 0.1) is 0 Å². The van der Waals surface area contributed by atoms with Crippen LogP contribution < -0.4 is 5.46 Å². The molecule has 1 heterocycles. The molecular formula is C8H11BN2. The molecule has 0 fully saturated rings. The maximum Gasteiger partial charge on any atom is 0.116 e. The molecule has 0 amide bonds. The number of aromatic nitrogens is 2. The van der Waals surface area contributed by atoms with E-state index in [9.17, 15) is 0 Å². The lowest BCUT2D eigenvalue weighted by Gasteiger charge is -2.20. The Morgan fingerprint density at radius 2 is 1.73 bits per heavy atom. The van der Waals surface area contributed by atoms with E-state index in [1.54, 1.807) is 12.4 Å². The predicted molar refractivity (Wildman–Crippen MR) is 46.1 cm³/mol. The molecule has 2 radical (unpaired) electrons. The number of nitrogens with zero attached hydrogens (tertiary/aromatic N) is 2. The fourth-order valence-corrected chi connectivity index (χ4v) is 0.957. The summed E-state index contributed by atoms with van der Waals surface area (Å²) < 4.78 is 0. The highest BCUT2D eigenvalue weighted by atomic mass is 15.1. The zero-order valence-electron chi connectivity index (χ0n) is 7.13. The topological polar surface area (TPSA) is 25.8 Å².